The molecule has 0 saturated carbocycles. The summed E-state index contributed by atoms with van der Waals surface area (Å²) in [7, 11) is 0. The number of carbonyl (C=O) groups excluding carboxylic acids is 1. The number of carbonyl (C=O) groups is 1. The molecule has 4 rings (SSSR count). The SMILES string of the molecule is C[C@@H]1CN(Cc2ccc(C(=O)N[C@H]3CCN(Cc4ccccc4)C3)cc2)C[C@@H](C)O1. The molecule has 5 nitrogen and oxygen atoms in total. The van der Waals surface area contributed by atoms with Gasteiger partial charge in [-0.3, -0.25) is 14.6 Å². The van der Waals surface area contributed by atoms with Crippen LogP contribution in [0.2, 0.25) is 0 Å². The summed E-state index contributed by atoms with van der Waals surface area (Å²) in [5, 5.41) is 3.22. The maximum atomic E-state index is 12.7. The normalized spacial score (nSPS) is 25.3. The summed E-state index contributed by atoms with van der Waals surface area (Å²) in [5.74, 6) is 0.0294. The predicted molar refractivity (Wildman–Crippen MR) is 119 cm³/mol. The van der Waals surface area contributed by atoms with Crippen molar-refractivity contribution in [2.24, 2.45) is 0 Å². The molecular weight excluding hydrogens is 374 g/mol. The lowest BCUT2D eigenvalue weighted by Gasteiger charge is -2.35. The van der Waals surface area contributed by atoms with Crippen LogP contribution in [0, 0.1) is 0 Å². The van der Waals surface area contributed by atoms with Gasteiger partial charge in [0, 0.05) is 50.9 Å². The highest BCUT2D eigenvalue weighted by Crippen LogP contribution is 2.16. The van der Waals surface area contributed by atoms with Gasteiger partial charge in [-0.15, -0.1) is 0 Å². The Morgan fingerprint density at radius 1 is 0.900 bits per heavy atom. The molecule has 1 amide bonds. The molecule has 2 aliphatic heterocycles. The van der Waals surface area contributed by atoms with Crippen LogP contribution in [0.3, 0.4) is 0 Å². The highest BCUT2D eigenvalue weighted by atomic mass is 16.5. The Bertz CT molecular complexity index is 814. The maximum Gasteiger partial charge on any atom is 0.251 e. The number of hydrogen-bond acceptors (Lipinski definition) is 4. The summed E-state index contributed by atoms with van der Waals surface area (Å²) in [4.78, 5) is 17.5. The molecule has 5 heteroatoms. The van der Waals surface area contributed by atoms with Crippen molar-refractivity contribution in [2.75, 3.05) is 26.2 Å². The van der Waals surface area contributed by atoms with E-state index in [-0.39, 0.29) is 24.2 Å². The molecule has 2 fully saturated rings. The van der Waals surface area contributed by atoms with Gasteiger partial charge in [-0.05, 0) is 43.5 Å². The van der Waals surface area contributed by atoms with Crippen LogP contribution in [-0.2, 0) is 17.8 Å². The molecule has 0 spiro atoms. The fraction of sp³-hybridized carbons (Fsp3) is 0.480. The summed E-state index contributed by atoms with van der Waals surface area (Å²) < 4.78 is 5.81. The zero-order chi connectivity index (χ0) is 20.9. The van der Waals surface area contributed by atoms with Gasteiger partial charge in [0.15, 0.2) is 0 Å². The average molecular weight is 408 g/mol. The van der Waals surface area contributed by atoms with Crippen molar-refractivity contribution >= 4 is 5.91 Å². The molecule has 1 N–H and O–H groups in total. The van der Waals surface area contributed by atoms with Crippen LogP contribution < -0.4 is 5.32 Å². The summed E-state index contributed by atoms with van der Waals surface area (Å²) in [6, 6.07) is 18.8. The van der Waals surface area contributed by atoms with Gasteiger partial charge in [0.1, 0.15) is 0 Å². The third-order valence-electron chi connectivity index (χ3n) is 5.97. The Morgan fingerprint density at radius 3 is 2.23 bits per heavy atom. The minimum Gasteiger partial charge on any atom is -0.373 e. The lowest BCUT2D eigenvalue weighted by molar-refractivity contribution is -0.0704. The zero-order valence-electron chi connectivity index (χ0n) is 18.1. The minimum absolute atomic E-state index is 0.0294. The summed E-state index contributed by atoms with van der Waals surface area (Å²) in [6.07, 6.45) is 1.54. The third kappa shape index (κ3) is 5.69. The number of rotatable bonds is 6. The molecule has 0 aliphatic carbocycles. The van der Waals surface area contributed by atoms with Crippen LogP contribution in [-0.4, -0.2) is 60.1 Å². The third-order valence-corrected chi connectivity index (χ3v) is 5.97. The molecule has 2 heterocycles. The first-order chi connectivity index (χ1) is 14.5. The number of benzene rings is 2. The molecule has 30 heavy (non-hydrogen) atoms. The fourth-order valence-electron chi connectivity index (χ4n) is 4.64. The summed E-state index contributed by atoms with van der Waals surface area (Å²) in [6.45, 7) is 9.93. The molecule has 2 aromatic rings. The number of amides is 1. The van der Waals surface area contributed by atoms with Crippen LogP contribution in [0.4, 0.5) is 0 Å². The van der Waals surface area contributed by atoms with Crippen molar-refractivity contribution in [1.29, 1.82) is 0 Å². The smallest absolute Gasteiger partial charge is 0.251 e. The Morgan fingerprint density at radius 2 is 1.53 bits per heavy atom. The molecule has 160 valence electrons. The number of likely N-dealkylation sites (tertiary alicyclic amines) is 1. The van der Waals surface area contributed by atoms with E-state index >= 15 is 0 Å². The van der Waals surface area contributed by atoms with E-state index in [2.05, 4.69) is 65.4 Å². The van der Waals surface area contributed by atoms with Gasteiger partial charge in [-0.1, -0.05) is 42.5 Å². The number of morpholine rings is 1. The first-order valence-electron chi connectivity index (χ1n) is 11.1. The van der Waals surface area contributed by atoms with E-state index < -0.39 is 0 Å². The quantitative estimate of drug-likeness (QED) is 0.798. The van der Waals surface area contributed by atoms with Gasteiger partial charge in [0.05, 0.1) is 12.2 Å². The van der Waals surface area contributed by atoms with E-state index in [9.17, 15) is 4.79 Å². The molecule has 0 bridgehead atoms. The van der Waals surface area contributed by atoms with Crippen LogP contribution in [0.1, 0.15) is 41.8 Å². The van der Waals surface area contributed by atoms with E-state index in [0.717, 1.165) is 51.3 Å². The van der Waals surface area contributed by atoms with Crippen LogP contribution >= 0.6 is 0 Å². The molecule has 3 atom stereocenters. The second-order valence-corrected chi connectivity index (χ2v) is 8.83. The van der Waals surface area contributed by atoms with Gasteiger partial charge < -0.3 is 10.1 Å². The van der Waals surface area contributed by atoms with Crippen molar-refractivity contribution in [3.63, 3.8) is 0 Å². The fourth-order valence-corrected chi connectivity index (χ4v) is 4.64. The number of nitrogens with zero attached hydrogens (tertiary/aromatic N) is 2. The average Bonchev–Trinajstić information content (AvgIpc) is 3.15. The summed E-state index contributed by atoms with van der Waals surface area (Å²) in [5.41, 5.74) is 3.30. The maximum absolute atomic E-state index is 12.7. The Balaban J connectivity index is 1.26. The van der Waals surface area contributed by atoms with Crippen LogP contribution in [0.15, 0.2) is 54.6 Å². The standard InChI is InChI=1S/C25H33N3O2/c1-19-14-28(15-20(2)30-19)17-22-8-10-23(11-9-22)25(29)26-24-12-13-27(18-24)16-21-6-4-3-5-7-21/h3-11,19-20,24H,12-18H2,1-2H3,(H,26,29)/t19-,20-,24+/m1/s1. The minimum atomic E-state index is 0.0294. The molecule has 0 aromatic heterocycles. The molecular formula is C25H33N3O2. The van der Waals surface area contributed by atoms with E-state index in [1.165, 1.54) is 11.1 Å². The summed E-state index contributed by atoms with van der Waals surface area (Å²) >= 11 is 0. The first-order valence-corrected chi connectivity index (χ1v) is 11.1. The van der Waals surface area contributed by atoms with Crippen LogP contribution in [0.25, 0.3) is 0 Å². The van der Waals surface area contributed by atoms with Crippen molar-refractivity contribution in [3.05, 3.63) is 71.3 Å². The van der Waals surface area contributed by atoms with E-state index in [1.807, 2.05) is 18.2 Å². The topological polar surface area (TPSA) is 44.8 Å². The molecule has 2 aromatic carbocycles. The number of nitrogens with one attached hydrogen (secondary N) is 1. The van der Waals surface area contributed by atoms with Crippen LogP contribution in [0.5, 0.6) is 0 Å². The largest absolute Gasteiger partial charge is 0.373 e. The second kappa shape index (κ2) is 9.73. The van der Waals surface area contributed by atoms with Gasteiger partial charge in [0.25, 0.3) is 5.91 Å². The molecule has 2 aliphatic rings. The molecule has 2 saturated heterocycles. The van der Waals surface area contributed by atoms with Crippen molar-refractivity contribution in [3.8, 4) is 0 Å². The van der Waals surface area contributed by atoms with Gasteiger partial charge >= 0.3 is 0 Å². The lowest BCUT2D eigenvalue weighted by Crippen LogP contribution is -2.44. The number of hydrogen-bond donors (Lipinski definition) is 1. The Kier molecular flexibility index (Phi) is 6.82. The molecule has 0 radical (unpaired) electrons. The highest BCUT2D eigenvalue weighted by molar-refractivity contribution is 5.94. The zero-order valence-corrected chi connectivity index (χ0v) is 18.1. The monoisotopic (exact) mass is 407 g/mol. The van der Waals surface area contributed by atoms with Crippen molar-refractivity contribution in [1.82, 2.24) is 15.1 Å². The van der Waals surface area contributed by atoms with E-state index in [0.29, 0.717) is 0 Å². The van der Waals surface area contributed by atoms with Gasteiger partial charge in [0.2, 0.25) is 0 Å². The van der Waals surface area contributed by atoms with Gasteiger partial charge in [-0.2, -0.15) is 0 Å². The van der Waals surface area contributed by atoms with E-state index in [4.69, 9.17) is 4.74 Å². The van der Waals surface area contributed by atoms with Crippen molar-refractivity contribution in [2.45, 2.75) is 51.6 Å². The van der Waals surface area contributed by atoms with E-state index in [1.54, 1.807) is 0 Å². The highest BCUT2D eigenvalue weighted by Gasteiger charge is 2.25. The number of ether oxygens (including phenoxy) is 1. The van der Waals surface area contributed by atoms with Crippen molar-refractivity contribution < 1.29 is 9.53 Å². The Labute approximate surface area is 180 Å². The second-order valence-electron chi connectivity index (χ2n) is 8.83. The lowest BCUT2D eigenvalue weighted by atomic mass is 10.1. The Hall–Kier alpha value is -2.21. The molecule has 0 unspecified atom stereocenters. The predicted octanol–water partition coefficient (Wildman–Crippen LogP) is 3.30. The van der Waals surface area contributed by atoms with Gasteiger partial charge in [-0.25, -0.2) is 0 Å². The first kappa shape index (κ1) is 21.0.